The van der Waals surface area contributed by atoms with Crippen LogP contribution in [-0.4, -0.2) is 26.2 Å². The zero-order valence-electron chi connectivity index (χ0n) is 17.5. The van der Waals surface area contributed by atoms with E-state index in [-0.39, 0.29) is 16.9 Å². The first-order valence-electron chi connectivity index (χ1n) is 9.89. The first-order valence-corrected chi connectivity index (χ1v) is 12.0. The monoisotopic (exact) mass is 464 g/mol. The summed E-state index contributed by atoms with van der Waals surface area (Å²) in [6, 6.07) is 18.4. The van der Waals surface area contributed by atoms with E-state index in [4.69, 9.17) is 4.74 Å². The maximum atomic E-state index is 13.0. The highest BCUT2D eigenvalue weighted by Crippen LogP contribution is 2.40. The molecule has 4 rings (SSSR count). The number of aromatic nitrogens is 4. The van der Waals surface area contributed by atoms with Crippen molar-refractivity contribution in [2.75, 3.05) is 6.61 Å². The van der Waals surface area contributed by atoms with E-state index in [0.717, 1.165) is 0 Å². The van der Waals surface area contributed by atoms with Crippen LogP contribution in [0.15, 0.2) is 92.4 Å². The Kier molecular flexibility index (Phi) is 6.77. The van der Waals surface area contributed by atoms with Gasteiger partial charge in [0.1, 0.15) is 0 Å². The summed E-state index contributed by atoms with van der Waals surface area (Å²) in [4.78, 5) is 27.1. The molecule has 0 saturated carbocycles. The van der Waals surface area contributed by atoms with Gasteiger partial charge in [0.2, 0.25) is 5.75 Å². The summed E-state index contributed by atoms with van der Waals surface area (Å²) in [5.74, 6) is 0.229. The SMILES string of the molecule is CCOc1c(SSc2cnn(-c3ccccc3)c(=O)c2C)cnn(-c2ccccc2)c1=O. The number of para-hydroxylation sites is 2. The van der Waals surface area contributed by atoms with Crippen molar-refractivity contribution in [1.82, 2.24) is 19.6 Å². The predicted molar refractivity (Wildman–Crippen MR) is 127 cm³/mol. The van der Waals surface area contributed by atoms with Crippen LogP contribution in [-0.2, 0) is 0 Å². The predicted octanol–water partition coefficient (Wildman–Crippen LogP) is 4.28. The lowest BCUT2D eigenvalue weighted by molar-refractivity contribution is 0.323. The van der Waals surface area contributed by atoms with Crippen LogP contribution >= 0.6 is 21.6 Å². The Hall–Kier alpha value is -3.30. The number of ether oxygens (including phenoxy) is 1. The summed E-state index contributed by atoms with van der Waals surface area (Å²) < 4.78 is 8.35. The average molecular weight is 465 g/mol. The molecule has 0 unspecified atom stereocenters. The van der Waals surface area contributed by atoms with Gasteiger partial charge in [-0.25, -0.2) is 0 Å². The fourth-order valence-electron chi connectivity index (χ4n) is 2.96. The molecule has 0 aliphatic carbocycles. The maximum absolute atomic E-state index is 13.0. The third kappa shape index (κ3) is 4.49. The normalized spacial score (nSPS) is 10.8. The van der Waals surface area contributed by atoms with Crippen LogP contribution in [0.4, 0.5) is 0 Å². The number of hydrogen-bond donors (Lipinski definition) is 0. The maximum Gasteiger partial charge on any atom is 0.315 e. The molecule has 0 saturated heterocycles. The molecule has 0 bridgehead atoms. The first-order chi connectivity index (χ1) is 15.6. The molecule has 0 amide bonds. The molecule has 2 aromatic heterocycles. The highest BCUT2D eigenvalue weighted by molar-refractivity contribution is 8.76. The molecule has 0 fully saturated rings. The van der Waals surface area contributed by atoms with E-state index in [1.54, 1.807) is 19.3 Å². The van der Waals surface area contributed by atoms with Gasteiger partial charge in [-0.3, -0.25) is 9.59 Å². The molecule has 2 heterocycles. The molecular formula is C23H20N4O3S2. The van der Waals surface area contributed by atoms with Crippen molar-refractivity contribution in [3.63, 3.8) is 0 Å². The molecule has 0 radical (unpaired) electrons. The summed E-state index contributed by atoms with van der Waals surface area (Å²) in [6.07, 6.45) is 3.26. The lowest BCUT2D eigenvalue weighted by atomic mass is 10.3. The smallest absolute Gasteiger partial charge is 0.315 e. The zero-order chi connectivity index (χ0) is 22.5. The molecular weight excluding hydrogens is 444 g/mol. The second kappa shape index (κ2) is 9.88. The van der Waals surface area contributed by atoms with Gasteiger partial charge in [-0.2, -0.15) is 19.6 Å². The van der Waals surface area contributed by atoms with Crippen LogP contribution in [0.5, 0.6) is 5.75 Å². The molecule has 162 valence electrons. The molecule has 0 aliphatic heterocycles. The van der Waals surface area contributed by atoms with Crippen LogP contribution in [0.1, 0.15) is 12.5 Å². The van der Waals surface area contributed by atoms with E-state index < -0.39 is 0 Å². The Morgan fingerprint density at radius 3 is 1.84 bits per heavy atom. The first kappa shape index (κ1) is 21.9. The lowest BCUT2D eigenvalue weighted by Crippen LogP contribution is -2.24. The Morgan fingerprint density at radius 2 is 1.28 bits per heavy atom. The van der Waals surface area contributed by atoms with E-state index in [1.807, 2.05) is 67.6 Å². The molecule has 7 nitrogen and oxygen atoms in total. The molecule has 0 spiro atoms. The van der Waals surface area contributed by atoms with Crippen molar-refractivity contribution in [3.8, 4) is 17.1 Å². The number of benzene rings is 2. The fourth-order valence-corrected chi connectivity index (χ4v) is 5.16. The van der Waals surface area contributed by atoms with Gasteiger partial charge in [-0.05, 0) is 48.9 Å². The number of rotatable bonds is 7. The topological polar surface area (TPSA) is 79.0 Å². The molecule has 9 heteroatoms. The molecule has 4 aromatic rings. The van der Waals surface area contributed by atoms with Crippen molar-refractivity contribution in [2.45, 2.75) is 23.6 Å². The standard InChI is InChI=1S/C23H20N4O3S2/c1-3-30-21-20(15-25-27(23(21)29)18-12-8-5-9-13-18)32-31-19-14-24-26(22(28)16(19)2)17-10-6-4-7-11-17/h4-15H,3H2,1-2H3. The minimum atomic E-state index is -0.335. The second-order valence-corrected chi connectivity index (χ2v) is 8.89. The van der Waals surface area contributed by atoms with E-state index in [1.165, 1.54) is 31.0 Å². The van der Waals surface area contributed by atoms with E-state index in [0.29, 0.717) is 33.3 Å². The third-order valence-corrected chi connectivity index (χ3v) is 7.06. The van der Waals surface area contributed by atoms with Crippen molar-refractivity contribution in [1.29, 1.82) is 0 Å². The molecule has 2 aromatic carbocycles. The van der Waals surface area contributed by atoms with Crippen molar-refractivity contribution >= 4 is 21.6 Å². The van der Waals surface area contributed by atoms with Crippen LogP contribution < -0.4 is 15.9 Å². The molecule has 0 aliphatic rings. The van der Waals surface area contributed by atoms with Crippen LogP contribution in [0.2, 0.25) is 0 Å². The van der Waals surface area contributed by atoms with Crippen molar-refractivity contribution < 1.29 is 4.74 Å². The summed E-state index contributed by atoms with van der Waals surface area (Å²) in [6.45, 7) is 3.94. The van der Waals surface area contributed by atoms with Gasteiger partial charge < -0.3 is 4.74 Å². The van der Waals surface area contributed by atoms with Crippen molar-refractivity contribution in [2.24, 2.45) is 0 Å². The number of nitrogens with zero attached hydrogens (tertiary/aromatic N) is 4. The fraction of sp³-hybridized carbons (Fsp3) is 0.130. The Labute approximate surface area is 192 Å². The number of hydrogen-bond acceptors (Lipinski definition) is 7. The highest BCUT2D eigenvalue weighted by atomic mass is 33.1. The Balaban J connectivity index is 1.63. The van der Waals surface area contributed by atoms with Gasteiger partial charge in [0.05, 0.1) is 35.3 Å². The third-order valence-electron chi connectivity index (χ3n) is 4.59. The largest absolute Gasteiger partial charge is 0.487 e. The lowest BCUT2D eigenvalue weighted by Gasteiger charge is -2.12. The Bertz CT molecular complexity index is 1340. The van der Waals surface area contributed by atoms with Crippen LogP contribution in [0.25, 0.3) is 11.4 Å². The summed E-state index contributed by atoms with van der Waals surface area (Å²) in [5.41, 5.74) is 1.41. The zero-order valence-corrected chi connectivity index (χ0v) is 19.1. The van der Waals surface area contributed by atoms with E-state index in [9.17, 15) is 9.59 Å². The van der Waals surface area contributed by atoms with Gasteiger partial charge in [0.15, 0.2) is 0 Å². The quantitative estimate of drug-likeness (QED) is 0.378. The van der Waals surface area contributed by atoms with Crippen LogP contribution in [0.3, 0.4) is 0 Å². The minimum Gasteiger partial charge on any atom is -0.487 e. The van der Waals surface area contributed by atoms with Gasteiger partial charge in [0.25, 0.3) is 5.56 Å². The Morgan fingerprint density at radius 1 is 0.781 bits per heavy atom. The van der Waals surface area contributed by atoms with E-state index in [2.05, 4.69) is 10.2 Å². The van der Waals surface area contributed by atoms with Crippen LogP contribution in [0, 0.1) is 6.92 Å². The summed E-state index contributed by atoms with van der Waals surface area (Å²) in [7, 11) is 2.65. The molecule has 0 N–H and O–H groups in total. The van der Waals surface area contributed by atoms with E-state index >= 15 is 0 Å². The van der Waals surface area contributed by atoms with Gasteiger partial charge in [0, 0.05) is 10.5 Å². The minimum absolute atomic E-state index is 0.190. The van der Waals surface area contributed by atoms with Gasteiger partial charge in [-0.15, -0.1) is 0 Å². The van der Waals surface area contributed by atoms with Crippen molar-refractivity contribution in [3.05, 3.63) is 99.3 Å². The van der Waals surface area contributed by atoms with Gasteiger partial charge >= 0.3 is 5.56 Å². The molecule has 32 heavy (non-hydrogen) atoms. The summed E-state index contributed by atoms with van der Waals surface area (Å²) >= 11 is 0. The molecule has 0 atom stereocenters. The second-order valence-electron chi connectivity index (χ2n) is 6.68. The average Bonchev–Trinajstić information content (AvgIpc) is 2.83. The highest BCUT2D eigenvalue weighted by Gasteiger charge is 2.16. The van der Waals surface area contributed by atoms with Gasteiger partial charge in [-0.1, -0.05) is 47.2 Å². The summed E-state index contributed by atoms with van der Waals surface area (Å²) in [5, 5.41) is 8.61.